The predicted molar refractivity (Wildman–Crippen MR) is 122 cm³/mol. The van der Waals surface area contributed by atoms with Crippen molar-refractivity contribution >= 4 is 36.2 Å². The smallest absolute Gasteiger partial charge is 0.136 e. The lowest BCUT2D eigenvalue weighted by atomic mass is 10.0. The van der Waals surface area contributed by atoms with Crippen LogP contribution in [0.1, 0.15) is 53.4 Å². The second-order valence-corrected chi connectivity index (χ2v) is 11.7. The maximum atomic E-state index is 11.8. The maximum absolute atomic E-state index is 11.8. The molecule has 4 aliphatic carbocycles. The molecular weight excluding hydrogens is 419 g/mol. The minimum Gasteiger partial charge on any atom is -0.598 e. The Kier molecular flexibility index (Phi) is 12.3. The van der Waals surface area contributed by atoms with Crippen molar-refractivity contribution in [2.75, 3.05) is 20.2 Å². The summed E-state index contributed by atoms with van der Waals surface area (Å²) in [5.41, 5.74) is 5.49. The summed E-state index contributed by atoms with van der Waals surface area (Å²) in [6.07, 6.45) is 4.85. The average molecular weight is 462 g/mol. The summed E-state index contributed by atoms with van der Waals surface area (Å²) < 4.78 is 14.9. The minimum atomic E-state index is -0.884. The molecule has 5 N–H and O–H groups in total. The Morgan fingerprint density at radius 3 is 1.79 bits per heavy atom. The Labute approximate surface area is 187 Å². The summed E-state index contributed by atoms with van der Waals surface area (Å²) in [5, 5.41) is 16.1. The third-order valence-electron chi connectivity index (χ3n) is 6.73. The van der Waals surface area contributed by atoms with E-state index in [9.17, 15) is 4.55 Å². The zero-order valence-electron chi connectivity index (χ0n) is 18.0. The van der Waals surface area contributed by atoms with Gasteiger partial charge in [-0.1, -0.05) is 6.92 Å². The Balaban J connectivity index is 0.000000485. The molecule has 8 heteroatoms. The molecule has 4 aliphatic rings. The lowest BCUT2D eigenvalue weighted by molar-refractivity contribution is 0.161. The molecule has 0 bridgehead atoms. The molecule has 5 unspecified atom stereocenters. The highest BCUT2D eigenvalue weighted by atomic mass is 35.5. The van der Waals surface area contributed by atoms with Gasteiger partial charge in [-0.25, -0.2) is 0 Å². The van der Waals surface area contributed by atoms with E-state index in [1.54, 1.807) is 0 Å². The molecule has 4 rings (SSSR count). The lowest BCUT2D eigenvalue weighted by Gasteiger charge is -2.24. The SMILES string of the molecule is CC1C[C@@H]2C(CN[S+]([O-])C(C)(C)C)[C@@H]2C1.CO.Cl.Cl.NCC1[C@H]2CC(O)C[C@@H]12. The molecule has 4 fully saturated rings. The fourth-order valence-electron chi connectivity index (χ4n) is 5.24. The fourth-order valence-corrected chi connectivity index (χ4v) is 6.01. The van der Waals surface area contributed by atoms with Crippen LogP contribution in [0.3, 0.4) is 0 Å². The Bertz CT molecular complexity index is 432. The van der Waals surface area contributed by atoms with Gasteiger partial charge in [-0.15, -0.1) is 29.5 Å². The second kappa shape index (κ2) is 11.9. The van der Waals surface area contributed by atoms with Crippen LogP contribution in [-0.2, 0) is 11.4 Å². The molecular formula is C20H42Cl2N2O3S. The van der Waals surface area contributed by atoms with E-state index in [2.05, 4.69) is 11.6 Å². The monoisotopic (exact) mass is 460 g/mol. The molecule has 170 valence electrons. The van der Waals surface area contributed by atoms with Gasteiger partial charge in [0.15, 0.2) is 0 Å². The van der Waals surface area contributed by atoms with Crippen LogP contribution in [0.2, 0.25) is 0 Å². The van der Waals surface area contributed by atoms with Crippen molar-refractivity contribution in [3.8, 4) is 0 Å². The summed E-state index contributed by atoms with van der Waals surface area (Å²) in [4.78, 5) is 0. The van der Waals surface area contributed by atoms with Gasteiger partial charge >= 0.3 is 0 Å². The number of nitrogens with two attached hydrogens (primary N) is 1. The lowest BCUT2D eigenvalue weighted by Crippen LogP contribution is -2.40. The Morgan fingerprint density at radius 2 is 1.39 bits per heavy atom. The van der Waals surface area contributed by atoms with Crippen LogP contribution in [0.25, 0.3) is 0 Å². The first-order valence-electron chi connectivity index (χ1n) is 10.2. The van der Waals surface area contributed by atoms with Crippen LogP contribution >= 0.6 is 24.8 Å². The van der Waals surface area contributed by atoms with Gasteiger partial charge in [-0.3, -0.25) is 0 Å². The van der Waals surface area contributed by atoms with Gasteiger partial charge in [-0.05, 0) is 94.4 Å². The van der Waals surface area contributed by atoms with Gasteiger partial charge in [-0.2, -0.15) is 0 Å². The van der Waals surface area contributed by atoms with E-state index in [4.69, 9.17) is 15.9 Å². The topological polar surface area (TPSA) is 102 Å². The number of hydrogen-bond donors (Lipinski definition) is 4. The van der Waals surface area contributed by atoms with Crippen LogP contribution in [0.15, 0.2) is 0 Å². The van der Waals surface area contributed by atoms with Crippen LogP contribution < -0.4 is 10.5 Å². The number of hydrogen-bond acceptors (Lipinski definition) is 5. The Morgan fingerprint density at radius 1 is 0.964 bits per heavy atom. The highest BCUT2D eigenvalue weighted by Crippen LogP contribution is 2.59. The van der Waals surface area contributed by atoms with Crippen molar-refractivity contribution in [2.45, 2.75) is 64.2 Å². The van der Waals surface area contributed by atoms with Crippen molar-refractivity contribution in [3.63, 3.8) is 0 Å². The molecule has 9 atom stereocenters. The van der Waals surface area contributed by atoms with Crippen molar-refractivity contribution in [1.29, 1.82) is 0 Å². The van der Waals surface area contributed by atoms with E-state index in [1.165, 1.54) is 12.8 Å². The maximum Gasteiger partial charge on any atom is 0.136 e. The first-order valence-corrected chi connectivity index (χ1v) is 11.4. The van der Waals surface area contributed by atoms with Crippen LogP contribution in [-0.4, -0.2) is 45.8 Å². The fraction of sp³-hybridized carbons (Fsp3) is 1.00. The number of halogens is 2. The molecule has 28 heavy (non-hydrogen) atoms. The zero-order valence-corrected chi connectivity index (χ0v) is 20.4. The molecule has 0 aromatic rings. The van der Waals surface area contributed by atoms with Crippen molar-refractivity contribution < 1.29 is 14.8 Å². The van der Waals surface area contributed by atoms with E-state index >= 15 is 0 Å². The zero-order chi connectivity index (χ0) is 19.6. The number of fused-ring (bicyclic) bond motifs is 2. The predicted octanol–water partition coefficient (Wildman–Crippen LogP) is 2.74. The van der Waals surface area contributed by atoms with Gasteiger partial charge in [0.1, 0.15) is 4.75 Å². The summed E-state index contributed by atoms with van der Waals surface area (Å²) in [6.45, 7) is 10.2. The molecule has 0 saturated heterocycles. The molecule has 0 aromatic carbocycles. The quantitative estimate of drug-likeness (QED) is 0.483. The third-order valence-corrected chi connectivity index (χ3v) is 8.28. The first kappa shape index (κ1) is 28.7. The third kappa shape index (κ3) is 7.16. The van der Waals surface area contributed by atoms with Crippen molar-refractivity contribution in [3.05, 3.63) is 0 Å². The first-order chi connectivity index (χ1) is 12.2. The van der Waals surface area contributed by atoms with Crippen molar-refractivity contribution in [2.24, 2.45) is 47.2 Å². The summed E-state index contributed by atoms with van der Waals surface area (Å²) in [7, 11) is 1.00. The molecule has 5 nitrogen and oxygen atoms in total. The number of aliphatic hydroxyl groups excluding tert-OH is 2. The van der Waals surface area contributed by atoms with Crippen molar-refractivity contribution in [1.82, 2.24) is 4.72 Å². The number of rotatable bonds is 4. The van der Waals surface area contributed by atoms with Gasteiger partial charge in [0.2, 0.25) is 0 Å². The molecule has 0 amide bonds. The molecule has 0 aromatic heterocycles. The standard InChI is InChI=1S/C12H23NOS.C7H13NO.CH4O.2ClH/c1-8-5-9-10(6-8)11(9)7-13-15(14)12(2,3)4;8-3-7-5-1-4(9)2-6(5)7;1-2;;/h8-11,13H,5-7H2,1-4H3;4-7,9H,1-3,8H2;2H,1H3;2*1H/t8?,9-,10+,11?,15?;4?,5-,6+,7?;;;. The normalized spacial score (nSPS) is 40.2. The van der Waals surface area contributed by atoms with E-state index in [0.717, 1.165) is 74.5 Å². The molecule has 4 saturated carbocycles. The van der Waals surface area contributed by atoms with E-state index in [0.29, 0.717) is 0 Å². The van der Waals surface area contributed by atoms with Gasteiger partial charge in [0.05, 0.1) is 6.10 Å². The molecule has 0 aliphatic heterocycles. The molecule has 0 spiro atoms. The summed E-state index contributed by atoms with van der Waals surface area (Å²) in [6, 6.07) is 0. The minimum absolute atomic E-state index is 0. The number of aliphatic hydroxyl groups is 2. The highest BCUT2D eigenvalue weighted by Gasteiger charge is 2.55. The largest absolute Gasteiger partial charge is 0.598 e. The van der Waals surface area contributed by atoms with E-state index in [1.807, 2.05) is 20.8 Å². The molecule has 0 heterocycles. The van der Waals surface area contributed by atoms with Gasteiger partial charge in [0, 0.05) is 25.0 Å². The average Bonchev–Trinajstić information content (AvgIpc) is 3.27. The van der Waals surface area contributed by atoms with Gasteiger partial charge in [0.25, 0.3) is 0 Å². The highest BCUT2D eigenvalue weighted by molar-refractivity contribution is 7.90. The summed E-state index contributed by atoms with van der Waals surface area (Å²) >= 11 is -0.884. The van der Waals surface area contributed by atoms with Crippen LogP contribution in [0.5, 0.6) is 0 Å². The van der Waals surface area contributed by atoms with Gasteiger partial charge < -0.3 is 20.5 Å². The Hall–Kier alpha value is 0.730. The van der Waals surface area contributed by atoms with Crippen LogP contribution in [0, 0.1) is 41.4 Å². The van der Waals surface area contributed by atoms with E-state index in [-0.39, 0.29) is 35.7 Å². The summed E-state index contributed by atoms with van der Waals surface area (Å²) in [5.74, 6) is 6.02. The second-order valence-electron chi connectivity index (χ2n) is 9.65. The number of nitrogens with one attached hydrogen (secondary N) is 1. The van der Waals surface area contributed by atoms with E-state index < -0.39 is 11.4 Å². The van der Waals surface area contributed by atoms with Crippen LogP contribution in [0.4, 0.5) is 0 Å². The molecule has 0 radical (unpaired) electrons.